The third kappa shape index (κ3) is 2.15. The SMILES string of the molecule is Cc1cc(C)c(C(N)c2csc3ccccc23)c(C)c1. The van der Waals surface area contributed by atoms with Crippen molar-refractivity contribution >= 4 is 21.4 Å². The molecule has 1 heterocycles. The molecule has 3 rings (SSSR count). The highest BCUT2D eigenvalue weighted by Gasteiger charge is 2.17. The second kappa shape index (κ2) is 5.04. The van der Waals surface area contributed by atoms with Crippen LogP contribution < -0.4 is 5.73 Å². The second-order valence-electron chi connectivity index (χ2n) is 5.48. The number of hydrogen-bond acceptors (Lipinski definition) is 2. The molecule has 20 heavy (non-hydrogen) atoms. The average Bonchev–Trinajstić information content (AvgIpc) is 2.81. The number of hydrogen-bond donors (Lipinski definition) is 1. The lowest BCUT2D eigenvalue weighted by molar-refractivity contribution is 0.862. The van der Waals surface area contributed by atoms with Gasteiger partial charge in [-0.15, -0.1) is 11.3 Å². The van der Waals surface area contributed by atoms with Gasteiger partial charge in [0, 0.05) is 4.70 Å². The molecule has 0 aliphatic heterocycles. The zero-order chi connectivity index (χ0) is 14.3. The van der Waals surface area contributed by atoms with Crippen LogP contribution in [0.2, 0.25) is 0 Å². The van der Waals surface area contributed by atoms with E-state index in [1.807, 2.05) is 0 Å². The van der Waals surface area contributed by atoms with Crippen molar-refractivity contribution in [1.82, 2.24) is 0 Å². The second-order valence-corrected chi connectivity index (χ2v) is 6.39. The van der Waals surface area contributed by atoms with Crippen LogP contribution in [0.1, 0.15) is 33.9 Å². The van der Waals surface area contributed by atoms with Crippen molar-refractivity contribution in [1.29, 1.82) is 0 Å². The molecule has 2 N–H and O–H groups in total. The minimum atomic E-state index is -0.0493. The van der Waals surface area contributed by atoms with Crippen molar-refractivity contribution in [2.75, 3.05) is 0 Å². The minimum Gasteiger partial charge on any atom is -0.320 e. The van der Waals surface area contributed by atoms with Crippen LogP contribution in [0, 0.1) is 20.8 Å². The summed E-state index contributed by atoms with van der Waals surface area (Å²) in [7, 11) is 0. The molecule has 0 aliphatic carbocycles. The Morgan fingerprint density at radius 3 is 2.35 bits per heavy atom. The van der Waals surface area contributed by atoms with E-state index in [0.717, 1.165) is 0 Å². The standard InChI is InChI=1S/C18H19NS/c1-11-8-12(2)17(13(3)9-11)18(19)15-10-20-16-7-5-4-6-14(15)16/h4-10,18H,19H2,1-3H3. The molecule has 0 fully saturated rings. The Morgan fingerprint density at radius 1 is 1.00 bits per heavy atom. The molecule has 1 atom stereocenters. The van der Waals surface area contributed by atoms with Crippen molar-refractivity contribution in [3.05, 3.63) is 69.6 Å². The Balaban J connectivity index is 2.16. The first-order valence-electron chi connectivity index (χ1n) is 6.87. The summed E-state index contributed by atoms with van der Waals surface area (Å²) in [5.41, 5.74) is 12.9. The normalized spacial score (nSPS) is 12.8. The van der Waals surface area contributed by atoms with Gasteiger partial charge >= 0.3 is 0 Å². The first-order valence-corrected chi connectivity index (χ1v) is 7.75. The number of benzene rings is 2. The Hall–Kier alpha value is -1.64. The van der Waals surface area contributed by atoms with Gasteiger partial charge in [0.1, 0.15) is 0 Å². The summed E-state index contributed by atoms with van der Waals surface area (Å²) < 4.78 is 1.31. The number of thiophene rings is 1. The summed E-state index contributed by atoms with van der Waals surface area (Å²) in [5.74, 6) is 0. The van der Waals surface area contributed by atoms with Crippen LogP contribution in [-0.2, 0) is 0 Å². The molecular formula is C18H19NS. The minimum absolute atomic E-state index is 0.0493. The highest BCUT2D eigenvalue weighted by Crippen LogP contribution is 2.34. The summed E-state index contributed by atoms with van der Waals surface area (Å²) in [6, 6.07) is 12.9. The van der Waals surface area contributed by atoms with Gasteiger partial charge in [-0.2, -0.15) is 0 Å². The van der Waals surface area contributed by atoms with E-state index in [-0.39, 0.29) is 6.04 Å². The Kier molecular flexibility index (Phi) is 3.36. The number of fused-ring (bicyclic) bond motifs is 1. The molecule has 2 aromatic carbocycles. The molecule has 102 valence electrons. The lowest BCUT2D eigenvalue weighted by Gasteiger charge is -2.18. The zero-order valence-corrected chi connectivity index (χ0v) is 12.9. The molecule has 1 unspecified atom stereocenters. The lowest BCUT2D eigenvalue weighted by atomic mass is 9.90. The fourth-order valence-electron chi connectivity index (χ4n) is 3.08. The van der Waals surface area contributed by atoms with Crippen LogP contribution in [0.25, 0.3) is 10.1 Å². The Bertz CT molecular complexity index is 747. The molecule has 1 aromatic heterocycles. The van der Waals surface area contributed by atoms with Crippen LogP contribution in [0.5, 0.6) is 0 Å². The highest BCUT2D eigenvalue weighted by atomic mass is 32.1. The van der Waals surface area contributed by atoms with Gasteiger partial charge in [-0.3, -0.25) is 0 Å². The Morgan fingerprint density at radius 2 is 1.65 bits per heavy atom. The van der Waals surface area contributed by atoms with Gasteiger partial charge in [-0.05, 0) is 59.9 Å². The highest BCUT2D eigenvalue weighted by molar-refractivity contribution is 7.17. The summed E-state index contributed by atoms with van der Waals surface area (Å²) in [4.78, 5) is 0. The van der Waals surface area contributed by atoms with E-state index in [9.17, 15) is 0 Å². The molecule has 0 amide bonds. The topological polar surface area (TPSA) is 26.0 Å². The predicted molar refractivity (Wildman–Crippen MR) is 88.5 cm³/mol. The summed E-state index contributed by atoms with van der Waals surface area (Å²) >= 11 is 1.77. The predicted octanol–water partition coefficient (Wildman–Crippen LogP) is 4.87. The molecule has 0 bridgehead atoms. The van der Waals surface area contributed by atoms with E-state index in [1.54, 1.807) is 11.3 Å². The smallest absolute Gasteiger partial charge is 0.0571 e. The van der Waals surface area contributed by atoms with Crippen LogP contribution >= 0.6 is 11.3 Å². The molecular weight excluding hydrogens is 262 g/mol. The monoisotopic (exact) mass is 281 g/mol. The van der Waals surface area contributed by atoms with Crippen LogP contribution in [0.15, 0.2) is 41.8 Å². The summed E-state index contributed by atoms with van der Waals surface area (Å²) in [6.45, 7) is 6.45. The van der Waals surface area contributed by atoms with E-state index in [1.165, 1.54) is 37.9 Å². The van der Waals surface area contributed by atoms with Crippen LogP contribution in [0.4, 0.5) is 0 Å². The average molecular weight is 281 g/mol. The molecule has 0 saturated heterocycles. The van der Waals surface area contributed by atoms with Crippen molar-refractivity contribution < 1.29 is 0 Å². The number of aryl methyl sites for hydroxylation is 3. The van der Waals surface area contributed by atoms with Gasteiger partial charge < -0.3 is 5.73 Å². The maximum absolute atomic E-state index is 6.59. The molecule has 0 spiro atoms. The fourth-order valence-corrected chi connectivity index (χ4v) is 4.07. The first kappa shape index (κ1) is 13.3. The third-order valence-corrected chi connectivity index (χ3v) is 4.88. The van der Waals surface area contributed by atoms with E-state index < -0.39 is 0 Å². The largest absolute Gasteiger partial charge is 0.320 e. The Labute approximate surface area is 124 Å². The van der Waals surface area contributed by atoms with Gasteiger partial charge in [-0.25, -0.2) is 0 Å². The van der Waals surface area contributed by atoms with Crippen molar-refractivity contribution in [2.24, 2.45) is 5.73 Å². The lowest BCUT2D eigenvalue weighted by Crippen LogP contribution is -2.14. The fraction of sp³-hybridized carbons (Fsp3) is 0.222. The maximum Gasteiger partial charge on any atom is 0.0571 e. The molecule has 2 heteroatoms. The molecule has 1 nitrogen and oxygen atoms in total. The first-order chi connectivity index (χ1) is 9.58. The quantitative estimate of drug-likeness (QED) is 0.712. The molecule has 0 aliphatic rings. The van der Waals surface area contributed by atoms with E-state index in [4.69, 9.17) is 5.73 Å². The van der Waals surface area contributed by atoms with Crippen molar-refractivity contribution in [3.8, 4) is 0 Å². The van der Waals surface area contributed by atoms with E-state index in [2.05, 4.69) is 62.5 Å². The molecule has 0 radical (unpaired) electrons. The molecule has 3 aromatic rings. The zero-order valence-electron chi connectivity index (χ0n) is 12.1. The van der Waals surface area contributed by atoms with Gasteiger partial charge in [0.15, 0.2) is 0 Å². The van der Waals surface area contributed by atoms with Gasteiger partial charge in [0.05, 0.1) is 6.04 Å². The van der Waals surface area contributed by atoms with Gasteiger partial charge in [0.25, 0.3) is 0 Å². The maximum atomic E-state index is 6.59. The van der Waals surface area contributed by atoms with E-state index >= 15 is 0 Å². The van der Waals surface area contributed by atoms with Crippen LogP contribution in [0.3, 0.4) is 0 Å². The summed E-state index contributed by atoms with van der Waals surface area (Å²) in [5, 5.41) is 3.48. The van der Waals surface area contributed by atoms with E-state index in [0.29, 0.717) is 0 Å². The van der Waals surface area contributed by atoms with Crippen LogP contribution in [-0.4, -0.2) is 0 Å². The number of rotatable bonds is 2. The third-order valence-electron chi connectivity index (χ3n) is 3.90. The van der Waals surface area contributed by atoms with Crippen molar-refractivity contribution in [3.63, 3.8) is 0 Å². The molecule has 0 saturated carbocycles. The van der Waals surface area contributed by atoms with Crippen molar-refractivity contribution in [2.45, 2.75) is 26.8 Å². The van der Waals surface area contributed by atoms with Gasteiger partial charge in [-0.1, -0.05) is 35.9 Å². The van der Waals surface area contributed by atoms with Gasteiger partial charge in [0.2, 0.25) is 0 Å². The number of nitrogens with two attached hydrogens (primary N) is 1. The summed E-state index contributed by atoms with van der Waals surface area (Å²) in [6.07, 6.45) is 0.